The zero-order chi connectivity index (χ0) is 15.4. The summed E-state index contributed by atoms with van der Waals surface area (Å²) in [6.45, 7) is 9.84. The van der Waals surface area contributed by atoms with Gasteiger partial charge in [0.2, 0.25) is 0 Å². The lowest BCUT2D eigenvalue weighted by Gasteiger charge is -2.34. The second-order valence-corrected chi connectivity index (χ2v) is 7.30. The van der Waals surface area contributed by atoms with Gasteiger partial charge in [-0.2, -0.15) is 5.10 Å². The van der Waals surface area contributed by atoms with Crippen LogP contribution in [-0.4, -0.2) is 14.3 Å². The molecule has 1 aliphatic carbocycles. The molecule has 114 valence electrons. The van der Waals surface area contributed by atoms with Crippen LogP contribution in [0.3, 0.4) is 0 Å². The molecular weight excluding hydrogens is 260 g/mol. The summed E-state index contributed by atoms with van der Waals surface area (Å²) in [6.07, 6.45) is 4.15. The molecule has 0 amide bonds. The molecule has 0 aromatic carbocycles. The highest BCUT2D eigenvalue weighted by Gasteiger charge is 2.33. The monoisotopic (exact) mass is 286 g/mol. The van der Waals surface area contributed by atoms with Crippen molar-refractivity contribution in [3.05, 3.63) is 40.5 Å². The Bertz CT molecular complexity index is 675. The van der Waals surface area contributed by atoms with Gasteiger partial charge in [-0.15, -0.1) is 0 Å². The molecule has 2 heterocycles. The van der Waals surface area contributed by atoms with Gasteiger partial charge < -0.3 is 10.3 Å². The molecule has 3 rings (SSSR count). The Morgan fingerprint density at radius 3 is 2.71 bits per heavy atom. The Kier molecular flexibility index (Phi) is 3.24. The van der Waals surface area contributed by atoms with Crippen LogP contribution in [0.15, 0.2) is 12.3 Å². The van der Waals surface area contributed by atoms with Crippen LogP contribution in [0.25, 0.3) is 0 Å². The Morgan fingerprint density at radius 1 is 1.38 bits per heavy atom. The molecule has 0 spiro atoms. The fraction of sp³-hybridized carbons (Fsp3) is 0.588. The van der Waals surface area contributed by atoms with Crippen molar-refractivity contribution in [2.24, 2.45) is 18.2 Å². The van der Waals surface area contributed by atoms with E-state index in [9.17, 15) is 0 Å². The first-order chi connectivity index (χ1) is 9.78. The van der Waals surface area contributed by atoms with Gasteiger partial charge in [0.25, 0.3) is 0 Å². The number of aromatic nitrogens is 3. The summed E-state index contributed by atoms with van der Waals surface area (Å²) in [5.41, 5.74) is 13.3. The number of nitrogens with zero attached hydrogens (tertiary/aromatic N) is 3. The first-order valence-corrected chi connectivity index (χ1v) is 7.70. The summed E-state index contributed by atoms with van der Waals surface area (Å²) in [7, 11) is 2.00. The highest BCUT2D eigenvalue weighted by Crippen LogP contribution is 2.41. The summed E-state index contributed by atoms with van der Waals surface area (Å²) in [5, 5.41) is 4.36. The topological polar surface area (TPSA) is 48.8 Å². The Balaban J connectivity index is 2.02. The van der Waals surface area contributed by atoms with Gasteiger partial charge in [-0.1, -0.05) is 13.8 Å². The van der Waals surface area contributed by atoms with Gasteiger partial charge in [-0.05, 0) is 43.7 Å². The lowest BCUT2D eigenvalue weighted by atomic mass is 9.74. The van der Waals surface area contributed by atoms with Crippen molar-refractivity contribution in [3.63, 3.8) is 0 Å². The predicted molar refractivity (Wildman–Crippen MR) is 85.2 cm³/mol. The van der Waals surface area contributed by atoms with Gasteiger partial charge in [-0.3, -0.25) is 4.68 Å². The molecule has 0 saturated carbocycles. The van der Waals surface area contributed by atoms with Gasteiger partial charge in [0.1, 0.15) is 0 Å². The summed E-state index contributed by atoms with van der Waals surface area (Å²) in [5.74, 6) is 0. The minimum atomic E-state index is 0.165. The van der Waals surface area contributed by atoms with Crippen molar-refractivity contribution in [1.82, 2.24) is 14.3 Å². The van der Waals surface area contributed by atoms with Crippen molar-refractivity contribution < 1.29 is 0 Å². The van der Waals surface area contributed by atoms with E-state index in [1.54, 1.807) is 0 Å². The SMILES string of the molecule is Cc1c(Cn2c(C)cc3c2CC(C)(C)CC3N)cnn1C. The van der Waals surface area contributed by atoms with Crippen LogP contribution in [0.4, 0.5) is 0 Å². The molecule has 0 bridgehead atoms. The minimum Gasteiger partial charge on any atom is -0.344 e. The molecule has 4 nitrogen and oxygen atoms in total. The van der Waals surface area contributed by atoms with Crippen LogP contribution in [0.5, 0.6) is 0 Å². The van der Waals surface area contributed by atoms with Gasteiger partial charge in [0, 0.05) is 35.7 Å². The molecule has 0 aliphatic heterocycles. The maximum atomic E-state index is 6.40. The van der Waals surface area contributed by atoms with E-state index in [4.69, 9.17) is 5.73 Å². The van der Waals surface area contributed by atoms with Crippen molar-refractivity contribution in [2.75, 3.05) is 0 Å². The maximum Gasteiger partial charge on any atom is 0.0542 e. The van der Waals surface area contributed by atoms with Crippen LogP contribution in [0.1, 0.15) is 54.5 Å². The minimum absolute atomic E-state index is 0.165. The van der Waals surface area contributed by atoms with Crippen molar-refractivity contribution in [3.8, 4) is 0 Å². The number of fused-ring (bicyclic) bond motifs is 1. The van der Waals surface area contributed by atoms with Crippen molar-refractivity contribution in [1.29, 1.82) is 0 Å². The van der Waals surface area contributed by atoms with E-state index in [-0.39, 0.29) is 11.5 Å². The van der Waals surface area contributed by atoms with E-state index in [1.807, 2.05) is 17.9 Å². The molecular formula is C17H26N4. The second kappa shape index (κ2) is 4.73. The lowest BCUT2D eigenvalue weighted by molar-refractivity contribution is 0.276. The quantitative estimate of drug-likeness (QED) is 0.923. The third-order valence-electron chi connectivity index (χ3n) is 4.93. The first kappa shape index (κ1) is 14.4. The van der Waals surface area contributed by atoms with Gasteiger partial charge >= 0.3 is 0 Å². The summed E-state index contributed by atoms with van der Waals surface area (Å²) >= 11 is 0. The van der Waals surface area contributed by atoms with Crippen LogP contribution in [0.2, 0.25) is 0 Å². The molecule has 0 fully saturated rings. The largest absolute Gasteiger partial charge is 0.344 e. The number of rotatable bonds is 2. The smallest absolute Gasteiger partial charge is 0.0542 e. The second-order valence-electron chi connectivity index (χ2n) is 7.30. The predicted octanol–water partition coefficient (Wildman–Crippen LogP) is 2.86. The summed E-state index contributed by atoms with van der Waals surface area (Å²) in [4.78, 5) is 0. The van der Waals surface area contributed by atoms with Crippen LogP contribution in [0, 0.1) is 19.3 Å². The van der Waals surface area contributed by atoms with E-state index >= 15 is 0 Å². The molecule has 1 atom stereocenters. The van der Waals surface area contributed by atoms with E-state index in [0.29, 0.717) is 0 Å². The average molecular weight is 286 g/mol. The number of nitrogens with two attached hydrogens (primary N) is 1. The Morgan fingerprint density at radius 2 is 2.10 bits per heavy atom. The van der Waals surface area contributed by atoms with Crippen LogP contribution in [-0.2, 0) is 20.0 Å². The molecule has 2 N–H and O–H groups in total. The van der Waals surface area contributed by atoms with Gasteiger partial charge in [0.15, 0.2) is 0 Å². The standard InChI is InChI=1S/C17H26N4/c1-11-6-14-15(18)7-17(3,4)8-16(14)21(11)10-13-9-19-20(5)12(13)2/h6,9,15H,7-8,10,18H2,1-5H3. The van der Waals surface area contributed by atoms with E-state index < -0.39 is 0 Å². The number of hydrogen-bond acceptors (Lipinski definition) is 2. The number of aryl methyl sites for hydroxylation is 2. The molecule has 21 heavy (non-hydrogen) atoms. The van der Waals surface area contributed by atoms with E-state index in [2.05, 4.69) is 43.4 Å². The molecule has 0 saturated heterocycles. The molecule has 1 aliphatic rings. The zero-order valence-corrected chi connectivity index (χ0v) is 13.8. The Hall–Kier alpha value is -1.55. The highest BCUT2D eigenvalue weighted by molar-refractivity contribution is 5.35. The van der Waals surface area contributed by atoms with Crippen molar-refractivity contribution >= 4 is 0 Å². The van der Waals surface area contributed by atoms with Gasteiger partial charge in [0.05, 0.1) is 12.7 Å². The third-order valence-corrected chi connectivity index (χ3v) is 4.93. The van der Waals surface area contributed by atoms with Gasteiger partial charge in [-0.25, -0.2) is 0 Å². The van der Waals surface area contributed by atoms with Crippen molar-refractivity contribution in [2.45, 2.75) is 53.1 Å². The van der Waals surface area contributed by atoms with E-state index in [1.165, 1.54) is 28.2 Å². The zero-order valence-electron chi connectivity index (χ0n) is 13.8. The number of hydrogen-bond donors (Lipinski definition) is 1. The normalized spacial score (nSPS) is 20.6. The highest BCUT2D eigenvalue weighted by atomic mass is 15.3. The first-order valence-electron chi connectivity index (χ1n) is 7.70. The molecule has 2 aromatic rings. The molecule has 1 unspecified atom stereocenters. The molecule has 4 heteroatoms. The summed E-state index contributed by atoms with van der Waals surface area (Å²) in [6, 6.07) is 2.44. The fourth-order valence-electron chi connectivity index (χ4n) is 3.59. The van der Waals surface area contributed by atoms with E-state index in [0.717, 1.165) is 19.4 Å². The Labute approximate surface area is 126 Å². The molecule has 0 radical (unpaired) electrons. The third kappa shape index (κ3) is 2.42. The van der Waals surface area contributed by atoms with Crippen LogP contribution < -0.4 is 5.73 Å². The summed E-state index contributed by atoms with van der Waals surface area (Å²) < 4.78 is 4.37. The average Bonchev–Trinajstić information content (AvgIpc) is 2.85. The molecule has 2 aromatic heterocycles. The van der Waals surface area contributed by atoms with Crippen LogP contribution >= 0.6 is 0 Å². The maximum absolute atomic E-state index is 6.40. The lowest BCUT2D eigenvalue weighted by Crippen LogP contribution is -2.30. The fourth-order valence-corrected chi connectivity index (χ4v) is 3.59.